The summed E-state index contributed by atoms with van der Waals surface area (Å²) in [4.78, 5) is 18.7. The summed E-state index contributed by atoms with van der Waals surface area (Å²) in [5, 5.41) is 12.1. The molecular weight excluding hydrogens is 392 g/mol. The lowest BCUT2D eigenvalue weighted by Crippen LogP contribution is -2.52. The average Bonchev–Trinajstić information content (AvgIpc) is 2.76. The van der Waals surface area contributed by atoms with E-state index >= 15 is 0 Å². The van der Waals surface area contributed by atoms with E-state index in [1.807, 2.05) is 6.92 Å². The average molecular weight is 419 g/mol. The highest BCUT2D eigenvalue weighted by Crippen LogP contribution is 2.20. The molecular formula is C20H26N4O4S. The second-order valence-corrected chi connectivity index (χ2v) is 8.82. The number of amides is 1. The van der Waals surface area contributed by atoms with Crippen LogP contribution in [0.25, 0.3) is 0 Å². The number of piperazine rings is 1. The monoisotopic (exact) mass is 418 g/mol. The molecule has 0 spiro atoms. The standard InChI is InChI=1S/C20H26N4O4S/c1-2-17(15-25)23-10-12-24(13-11-23)29(27,28)18-7-5-6-16(14-18)20(26)22-19-8-3-4-9-21-19/h3-9,14,17,25H,2,10-13,15H2,1H3,(H,21,22,26)/t17-/m0/s1. The second-order valence-electron chi connectivity index (χ2n) is 6.88. The third-order valence-corrected chi connectivity index (χ3v) is 7.01. The van der Waals surface area contributed by atoms with Gasteiger partial charge in [-0.25, -0.2) is 13.4 Å². The van der Waals surface area contributed by atoms with E-state index < -0.39 is 15.9 Å². The molecule has 0 radical (unpaired) electrons. The summed E-state index contributed by atoms with van der Waals surface area (Å²) < 4.78 is 27.5. The van der Waals surface area contributed by atoms with Crippen molar-refractivity contribution in [3.05, 3.63) is 54.2 Å². The number of pyridine rings is 1. The number of rotatable bonds is 7. The van der Waals surface area contributed by atoms with Crippen LogP contribution in [0.2, 0.25) is 0 Å². The number of aliphatic hydroxyl groups is 1. The van der Waals surface area contributed by atoms with Gasteiger partial charge in [0.05, 0.1) is 11.5 Å². The van der Waals surface area contributed by atoms with E-state index in [1.165, 1.54) is 16.4 Å². The van der Waals surface area contributed by atoms with E-state index in [0.717, 1.165) is 6.42 Å². The minimum Gasteiger partial charge on any atom is -0.395 e. The third kappa shape index (κ3) is 4.99. The molecule has 29 heavy (non-hydrogen) atoms. The van der Waals surface area contributed by atoms with Crippen molar-refractivity contribution in [3.63, 3.8) is 0 Å². The van der Waals surface area contributed by atoms with Gasteiger partial charge in [-0.05, 0) is 36.8 Å². The van der Waals surface area contributed by atoms with Crippen molar-refractivity contribution in [2.24, 2.45) is 0 Å². The van der Waals surface area contributed by atoms with Crippen LogP contribution in [-0.4, -0.2) is 72.4 Å². The first-order valence-corrected chi connectivity index (χ1v) is 11.1. The Morgan fingerprint density at radius 1 is 1.17 bits per heavy atom. The zero-order valence-corrected chi connectivity index (χ0v) is 17.2. The maximum absolute atomic E-state index is 13.0. The highest BCUT2D eigenvalue weighted by molar-refractivity contribution is 7.89. The summed E-state index contributed by atoms with van der Waals surface area (Å²) in [6.45, 7) is 3.91. The SMILES string of the molecule is CC[C@@H](CO)N1CCN(S(=O)(=O)c2cccc(C(=O)Nc3ccccn3)c2)CC1. The molecule has 1 aliphatic rings. The molecule has 2 aromatic rings. The van der Waals surface area contributed by atoms with Crippen molar-refractivity contribution in [2.45, 2.75) is 24.3 Å². The number of carbonyl (C=O) groups is 1. The first-order chi connectivity index (χ1) is 14.0. The summed E-state index contributed by atoms with van der Waals surface area (Å²) in [5.74, 6) is -0.0180. The van der Waals surface area contributed by atoms with E-state index in [4.69, 9.17) is 0 Å². The van der Waals surface area contributed by atoms with E-state index in [9.17, 15) is 18.3 Å². The fourth-order valence-electron chi connectivity index (χ4n) is 3.38. The molecule has 1 amide bonds. The smallest absolute Gasteiger partial charge is 0.256 e. The van der Waals surface area contributed by atoms with Crippen LogP contribution in [0.15, 0.2) is 53.6 Å². The van der Waals surface area contributed by atoms with Gasteiger partial charge in [-0.15, -0.1) is 0 Å². The highest BCUT2D eigenvalue weighted by Gasteiger charge is 2.30. The van der Waals surface area contributed by atoms with Gasteiger partial charge >= 0.3 is 0 Å². The number of hydrogen-bond donors (Lipinski definition) is 2. The van der Waals surface area contributed by atoms with Crippen molar-refractivity contribution in [3.8, 4) is 0 Å². The maximum Gasteiger partial charge on any atom is 0.256 e. The van der Waals surface area contributed by atoms with Crippen LogP contribution in [0.1, 0.15) is 23.7 Å². The van der Waals surface area contributed by atoms with Crippen molar-refractivity contribution < 1.29 is 18.3 Å². The van der Waals surface area contributed by atoms with Gasteiger partial charge < -0.3 is 10.4 Å². The van der Waals surface area contributed by atoms with Crippen molar-refractivity contribution in [2.75, 3.05) is 38.1 Å². The van der Waals surface area contributed by atoms with Crippen LogP contribution in [0.4, 0.5) is 5.82 Å². The molecule has 8 nitrogen and oxygen atoms in total. The van der Waals surface area contributed by atoms with Gasteiger partial charge in [0.1, 0.15) is 5.82 Å². The number of sulfonamides is 1. The summed E-state index contributed by atoms with van der Waals surface area (Å²) >= 11 is 0. The number of hydrogen-bond acceptors (Lipinski definition) is 6. The van der Waals surface area contributed by atoms with Crippen LogP contribution >= 0.6 is 0 Å². The van der Waals surface area contributed by atoms with E-state index in [1.54, 1.807) is 36.5 Å². The number of nitrogens with zero attached hydrogens (tertiary/aromatic N) is 3. The molecule has 1 aromatic heterocycles. The van der Waals surface area contributed by atoms with Crippen LogP contribution in [0.3, 0.4) is 0 Å². The predicted octanol–water partition coefficient (Wildman–Crippen LogP) is 1.41. The molecule has 9 heteroatoms. The minimum atomic E-state index is -3.70. The zero-order valence-electron chi connectivity index (χ0n) is 16.4. The number of anilines is 1. The molecule has 1 atom stereocenters. The van der Waals surface area contributed by atoms with Gasteiger partial charge in [-0.1, -0.05) is 19.1 Å². The van der Waals surface area contributed by atoms with Crippen molar-refractivity contribution in [1.82, 2.24) is 14.2 Å². The highest BCUT2D eigenvalue weighted by atomic mass is 32.2. The Morgan fingerprint density at radius 3 is 2.55 bits per heavy atom. The number of nitrogens with one attached hydrogen (secondary N) is 1. The maximum atomic E-state index is 13.0. The summed E-state index contributed by atoms with van der Waals surface area (Å²) in [6.07, 6.45) is 2.38. The van der Waals surface area contributed by atoms with Crippen LogP contribution in [0.5, 0.6) is 0 Å². The molecule has 0 aliphatic carbocycles. The molecule has 1 fully saturated rings. The lowest BCUT2D eigenvalue weighted by atomic mass is 10.2. The van der Waals surface area contributed by atoms with Crippen LogP contribution in [-0.2, 0) is 10.0 Å². The number of benzene rings is 1. The molecule has 156 valence electrons. The van der Waals surface area contributed by atoms with Gasteiger partial charge in [0, 0.05) is 44.0 Å². The Balaban J connectivity index is 1.71. The quantitative estimate of drug-likeness (QED) is 0.705. The summed E-state index contributed by atoms with van der Waals surface area (Å²) in [5.41, 5.74) is 0.252. The Labute approximate surface area is 171 Å². The van der Waals surface area contributed by atoms with E-state index in [2.05, 4.69) is 15.2 Å². The molecule has 0 saturated carbocycles. The lowest BCUT2D eigenvalue weighted by molar-refractivity contribution is 0.0881. The van der Waals surface area contributed by atoms with Gasteiger partial charge in [-0.3, -0.25) is 9.69 Å². The Kier molecular flexibility index (Phi) is 6.96. The third-order valence-electron chi connectivity index (χ3n) is 5.11. The van der Waals surface area contributed by atoms with E-state index in [-0.39, 0.29) is 23.1 Å². The molecule has 1 aliphatic heterocycles. The Hall–Kier alpha value is -2.33. The van der Waals surface area contributed by atoms with Gasteiger partial charge in [0.25, 0.3) is 5.91 Å². The van der Waals surface area contributed by atoms with Crippen LogP contribution < -0.4 is 5.32 Å². The second kappa shape index (κ2) is 9.45. The summed E-state index contributed by atoms with van der Waals surface area (Å²) in [6, 6.07) is 11.2. The molecule has 0 unspecified atom stereocenters. The largest absolute Gasteiger partial charge is 0.395 e. The van der Waals surface area contributed by atoms with Gasteiger partial charge in [-0.2, -0.15) is 4.31 Å². The first kappa shape index (κ1) is 21.4. The first-order valence-electron chi connectivity index (χ1n) is 9.63. The van der Waals surface area contributed by atoms with E-state index in [0.29, 0.717) is 32.0 Å². The fourth-order valence-corrected chi connectivity index (χ4v) is 4.85. The Bertz CT molecular complexity index is 925. The summed E-state index contributed by atoms with van der Waals surface area (Å²) in [7, 11) is -3.70. The molecule has 1 aromatic carbocycles. The molecule has 1 saturated heterocycles. The topological polar surface area (TPSA) is 103 Å². The number of carbonyl (C=O) groups excluding carboxylic acids is 1. The normalized spacial score (nSPS) is 17.0. The fraction of sp³-hybridized carbons (Fsp3) is 0.400. The zero-order chi connectivity index (χ0) is 20.9. The molecule has 0 bridgehead atoms. The lowest BCUT2D eigenvalue weighted by Gasteiger charge is -2.37. The minimum absolute atomic E-state index is 0.0541. The van der Waals surface area contributed by atoms with Crippen LogP contribution in [0, 0.1) is 0 Å². The predicted molar refractivity (Wildman–Crippen MR) is 110 cm³/mol. The van der Waals surface area contributed by atoms with Gasteiger partial charge in [0.15, 0.2) is 0 Å². The van der Waals surface area contributed by atoms with Crippen molar-refractivity contribution in [1.29, 1.82) is 0 Å². The molecule has 2 N–H and O–H groups in total. The molecule has 3 rings (SSSR count). The molecule has 2 heterocycles. The van der Waals surface area contributed by atoms with Gasteiger partial charge in [0.2, 0.25) is 10.0 Å². The number of aliphatic hydroxyl groups excluding tert-OH is 1. The number of aromatic nitrogens is 1. The van der Waals surface area contributed by atoms with Crippen molar-refractivity contribution >= 4 is 21.7 Å². The Morgan fingerprint density at radius 2 is 1.93 bits per heavy atom.